The molecular formula is C9H11N3O7. The Hall–Kier alpha value is -2.30. The number of nitrogens with one attached hydrogen (secondary N) is 1. The minimum atomic E-state index is -3.36. The van der Waals surface area contributed by atoms with Crippen molar-refractivity contribution in [3.63, 3.8) is 0 Å². The van der Waals surface area contributed by atoms with Crippen LogP contribution in [0.15, 0.2) is 26.5 Å². The summed E-state index contributed by atoms with van der Waals surface area (Å²) >= 11 is 0. The van der Waals surface area contributed by atoms with Crippen LogP contribution in [-0.4, -0.2) is 41.3 Å². The van der Waals surface area contributed by atoms with Crippen LogP contribution < -0.4 is 17.1 Å². The van der Waals surface area contributed by atoms with E-state index in [9.17, 15) is 19.2 Å². The average molecular weight is 273 g/mol. The standard InChI is InChI=1S/C9H11N3O7/c1-4(2)5(13)12-7(15)10-6(14)11(8(12)16)3-9(17,18)19/h17-19H,1,3H2,2H3,(H,10,14,15). The maximum absolute atomic E-state index is 11.7. The van der Waals surface area contributed by atoms with Gasteiger partial charge in [0.1, 0.15) is 6.54 Å². The van der Waals surface area contributed by atoms with Crippen LogP contribution in [0.5, 0.6) is 0 Å². The molecule has 10 heteroatoms. The van der Waals surface area contributed by atoms with Gasteiger partial charge in [-0.2, -0.15) is 4.57 Å². The van der Waals surface area contributed by atoms with Gasteiger partial charge in [-0.3, -0.25) is 9.78 Å². The van der Waals surface area contributed by atoms with Gasteiger partial charge >= 0.3 is 17.1 Å². The Morgan fingerprint density at radius 2 is 1.79 bits per heavy atom. The Bertz CT molecular complexity index is 700. The summed E-state index contributed by atoms with van der Waals surface area (Å²) in [4.78, 5) is 47.6. The van der Waals surface area contributed by atoms with Gasteiger partial charge in [0.2, 0.25) is 0 Å². The quantitative estimate of drug-likeness (QED) is 0.329. The summed E-state index contributed by atoms with van der Waals surface area (Å²) in [6, 6.07) is 0. The number of aliphatic hydroxyl groups is 3. The molecule has 104 valence electrons. The molecule has 0 spiro atoms. The van der Waals surface area contributed by atoms with Gasteiger partial charge < -0.3 is 15.3 Å². The molecule has 1 aromatic heterocycles. The highest BCUT2D eigenvalue weighted by Crippen LogP contribution is 1.93. The lowest BCUT2D eigenvalue weighted by atomic mass is 10.3. The van der Waals surface area contributed by atoms with Crippen LogP contribution in [0.25, 0.3) is 0 Å². The molecule has 0 aliphatic rings. The fourth-order valence-electron chi connectivity index (χ4n) is 1.23. The minimum absolute atomic E-state index is 0.0511. The van der Waals surface area contributed by atoms with Crippen LogP contribution in [0.3, 0.4) is 0 Å². The van der Waals surface area contributed by atoms with Crippen LogP contribution in [0.1, 0.15) is 11.7 Å². The lowest BCUT2D eigenvalue weighted by Crippen LogP contribution is -2.54. The van der Waals surface area contributed by atoms with Crippen LogP contribution in [0, 0.1) is 0 Å². The Morgan fingerprint density at radius 1 is 1.26 bits per heavy atom. The van der Waals surface area contributed by atoms with Crippen LogP contribution in [-0.2, 0) is 6.54 Å². The van der Waals surface area contributed by atoms with E-state index in [0.29, 0.717) is 0 Å². The number of allylic oxidation sites excluding steroid dienone is 1. The number of aromatic nitrogens is 3. The monoisotopic (exact) mass is 273 g/mol. The van der Waals surface area contributed by atoms with Gasteiger partial charge in [-0.25, -0.2) is 19.0 Å². The Balaban J connectivity index is 3.62. The molecule has 0 fully saturated rings. The lowest BCUT2D eigenvalue weighted by Gasteiger charge is -2.15. The van der Waals surface area contributed by atoms with Gasteiger partial charge in [-0.15, -0.1) is 0 Å². The van der Waals surface area contributed by atoms with Crippen molar-refractivity contribution < 1.29 is 20.1 Å². The molecule has 0 bridgehead atoms. The molecule has 0 aliphatic heterocycles. The van der Waals surface area contributed by atoms with Crippen molar-refractivity contribution in [2.45, 2.75) is 19.4 Å². The Kier molecular flexibility index (Phi) is 3.70. The third kappa shape index (κ3) is 3.13. The molecule has 10 nitrogen and oxygen atoms in total. The van der Waals surface area contributed by atoms with E-state index in [1.807, 2.05) is 0 Å². The van der Waals surface area contributed by atoms with E-state index in [-0.39, 0.29) is 14.7 Å². The number of rotatable bonds is 3. The molecule has 4 N–H and O–H groups in total. The van der Waals surface area contributed by atoms with Crippen molar-refractivity contribution >= 4 is 5.91 Å². The highest BCUT2D eigenvalue weighted by molar-refractivity contribution is 5.93. The van der Waals surface area contributed by atoms with Crippen LogP contribution in [0.2, 0.25) is 0 Å². The highest BCUT2D eigenvalue weighted by atomic mass is 16.7. The molecule has 19 heavy (non-hydrogen) atoms. The molecule has 0 amide bonds. The summed E-state index contributed by atoms with van der Waals surface area (Å²) in [5.41, 5.74) is -4.18. The van der Waals surface area contributed by atoms with E-state index in [1.54, 1.807) is 4.98 Å². The van der Waals surface area contributed by atoms with Crippen molar-refractivity contribution in [1.29, 1.82) is 0 Å². The number of nitrogens with zero attached hydrogens (tertiary/aromatic N) is 2. The van der Waals surface area contributed by atoms with Gasteiger partial charge in [0.25, 0.3) is 11.9 Å². The van der Waals surface area contributed by atoms with Crippen molar-refractivity contribution in [1.82, 2.24) is 14.1 Å². The summed E-state index contributed by atoms with van der Waals surface area (Å²) < 4.78 is 0.137. The Labute approximate surface area is 104 Å². The molecule has 0 unspecified atom stereocenters. The minimum Gasteiger partial charge on any atom is -0.342 e. The third-order valence-corrected chi connectivity index (χ3v) is 2.02. The largest absolute Gasteiger partial charge is 0.343 e. The van der Waals surface area contributed by atoms with Crippen molar-refractivity contribution in [2.75, 3.05) is 0 Å². The SMILES string of the molecule is C=C(C)C(=O)n1c(=O)[nH]c(=O)n(CC(O)(O)O)c1=O. The van der Waals surface area contributed by atoms with Crippen LogP contribution >= 0.6 is 0 Å². The topological polar surface area (TPSA) is 155 Å². The third-order valence-electron chi connectivity index (χ3n) is 2.02. The number of carbonyl (C=O) groups is 1. The molecule has 0 radical (unpaired) electrons. The lowest BCUT2D eigenvalue weighted by molar-refractivity contribution is -0.319. The number of carbonyl (C=O) groups excluding carboxylic acids is 1. The molecule has 0 atom stereocenters. The number of aromatic amines is 1. The van der Waals surface area contributed by atoms with E-state index in [0.717, 1.165) is 0 Å². The van der Waals surface area contributed by atoms with Crippen LogP contribution in [0.4, 0.5) is 0 Å². The molecule has 0 saturated carbocycles. The molecule has 0 aliphatic carbocycles. The van der Waals surface area contributed by atoms with E-state index in [2.05, 4.69) is 6.58 Å². The number of hydrogen-bond donors (Lipinski definition) is 4. The first-order valence-corrected chi connectivity index (χ1v) is 4.88. The molecular weight excluding hydrogens is 262 g/mol. The zero-order chi connectivity index (χ0) is 15.0. The van der Waals surface area contributed by atoms with Gasteiger partial charge in [-0.05, 0) is 6.92 Å². The van der Waals surface area contributed by atoms with Gasteiger partial charge in [0, 0.05) is 5.57 Å². The molecule has 1 aromatic rings. The predicted octanol–water partition coefficient (Wildman–Crippen LogP) is -3.45. The van der Waals surface area contributed by atoms with E-state index < -0.39 is 35.5 Å². The summed E-state index contributed by atoms with van der Waals surface area (Å²) in [7, 11) is 0. The molecule has 0 saturated heterocycles. The summed E-state index contributed by atoms with van der Waals surface area (Å²) in [5.74, 6) is -4.43. The maximum atomic E-state index is 11.7. The van der Waals surface area contributed by atoms with Gasteiger partial charge in [-0.1, -0.05) is 6.58 Å². The summed E-state index contributed by atoms with van der Waals surface area (Å²) in [6.07, 6.45) is 0. The van der Waals surface area contributed by atoms with Crippen molar-refractivity contribution in [2.24, 2.45) is 0 Å². The predicted molar refractivity (Wildman–Crippen MR) is 60.4 cm³/mol. The second kappa shape index (κ2) is 4.76. The highest BCUT2D eigenvalue weighted by Gasteiger charge is 2.24. The van der Waals surface area contributed by atoms with Gasteiger partial charge in [0.05, 0.1) is 0 Å². The average Bonchev–Trinajstić information content (AvgIpc) is 2.22. The first-order valence-electron chi connectivity index (χ1n) is 4.88. The summed E-state index contributed by atoms with van der Waals surface area (Å²) in [6.45, 7) is 3.23. The van der Waals surface area contributed by atoms with E-state index in [1.165, 1.54) is 6.92 Å². The van der Waals surface area contributed by atoms with Gasteiger partial charge in [0.15, 0.2) is 0 Å². The number of hydrogen-bond acceptors (Lipinski definition) is 7. The fourth-order valence-corrected chi connectivity index (χ4v) is 1.23. The van der Waals surface area contributed by atoms with Crippen molar-refractivity contribution in [3.8, 4) is 0 Å². The Morgan fingerprint density at radius 3 is 2.21 bits per heavy atom. The fraction of sp³-hybridized carbons (Fsp3) is 0.333. The normalized spacial score (nSPS) is 11.4. The smallest absolute Gasteiger partial charge is 0.342 e. The van der Waals surface area contributed by atoms with E-state index in [4.69, 9.17) is 15.3 Å². The first-order chi connectivity index (χ1) is 8.54. The second-order valence-electron chi connectivity index (χ2n) is 3.80. The molecule has 1 rings (SSSR count). The summed E-state index contributed by atoms with van der Waals surface area (Å²) in [5, 5.41) is 26.2. The van der Waals surface area contributed by atoms with Crippen molar-refractivity contribution in [3.05, 3.63) is 43.6 Å². The zero-order valence-corrected chi connectivity index (χ0v) is 9.78. The number of H-pyrrole nitrogens is 1. The molecule has 0 aromatic carbocycles. The second-order valence-corrected chi connectivity index (χ2v) is 3.80. The molecule has 1 heterocycles. The maximum Gasteiger partial charge on any atom is 0.343 e. The zero-order valence-electron chi connectivity index (χ0n) is 9.78. The van der Waals surface area contributed by atoms with E-state index >= 15 is 0 Å². The first kappa shape index (κ1) is 14.8.